The van der Waals surface area contributed by atoms with Crippen molar-refractivity contribution in [2.24, 2.45) is 0 Å². The van der Waals surface area contributed by atoms with Crippen molar-refractivity contribution in [3.8, 4) is 22.4 Å². The van der Waals surface area contributed by atoms with E-state index in [1.165, 1.54) is 23.5 Å². The van der Waals surface area contributed by atoms with E-state index in [1.807, 2.05) is 13.0 Å². The first-order valence-electron chi connectivity index (χ1n) is 6.40. The van der Waals surface area contributed by atoms with Gasteiger partial charge in [-0.1, -0.05) is 11.6 Å². The number of aromatic nitrogens is 2. The van der Waals surface area contributed by atoms with Gasteiger partial charge in [-0.2, -0.15) is 0 Å². The van der Waals surface area contributed by atoms with E-state index in [-0.39, 0.29) is 17.6 Å². The van der Waals surface area contributed by atoms with E-state index in [1.54, 1.807) is 12.1 Å². The van der Waals surface area contributed by atoms with Crippen LogP contribution in [-0.4, -0.2) is 10.2 Å². The molecule has 4 rings (SSSR count). The van der Waals surface area contributed by atoms with Crippen LogP contribution < -0.4 is 0 Å². The molecule has 0 aliphatic heterocycles. The smallest absolute Gasteiger partial charge is 0.283 e. The topological polar surface area (TPSA) is 52.1 Å². The predicted molar refractivity (Wildman–Crippen MR) is 82.5 cm³/mol. The Hall–Kier alpha value is -2.18. The van der Waals surface area contributed by atoms with Gasteiger partial charge in [-0.3, -0.25) is 0 Å². The molecule has 22 heavy (non-hydrogen) atoms. The van der Waals surface area contributed by atoms with Crippen LogP contribution in [0.2, 0.25) is 5.02 Å². The SMILES string of the molecule is Cc1ccc(-c2nnc(-c3sc4cc(F)ccc4c3Cl)o2)o1. The lowest BCUT2D eigenvalue weighted by Crippen LogP contribution is -1.73. The van der Waals surface area contributed by atoms with Crippen molar-refractivity contribution in [2.45, 2.75) is 6.92 Å². The van der Waals surface area contributed by atoms with E-state index < -0.39 is 0 Å². The lowest BCUT2D eigenvalue weighted by molar-refractivity contribution is 0.506. The largest absolute Gasteiger partial charge is 0.456 e. The number of hydrogen-bond acceptors (Lipinski definition) is 5. The summed E-state index contributed by atoms with van der Waals surface area (Å²) in [6.07, 6.45) is 0. The van der Waals surface area contributed by atoms with Crippen LogP contribution in [-0.2, 0) is 0 Å². The summed E-state index contributed by atoms with van der Waals surface area (Å²) in [6.45, 7) is 1.83. The first kappa shape index (κ1) is 13.5. The molecule has 3 heterocycles. The van der Waals surface area contributed by atoms with Gasteiger partial charge < -0.3 is 8.83 Å². The molecule has 0 aliphatic carbocycles. The highest BCUT2D eigenvalue weighted by molar-refractivity contribution is 7.23. The van der Waals surface area contributed by atoms with Crippen LogP contribution in [0.1, 0.15) is 5.76 Å². The van der Waals surface area contributed by atoms with Crippen molar-refractivity contribution in [2.75, 3.05) is 0 Å². The van der Waals surface area contributed by atoms with E-state index in [9.17, 15) is 4.39 Å². The highest BCUT2D eigenvalue weighted by atomic mass is 35.5. The fourth-order valence-electron chi connectivity index (χ4n) is 2.14. The van der Waals surface area contributed by atoms with Gasteiger partial charge in [0.1, 0.15) is 16.5 Å². The van der Waals surface area contributed by atoms with Crippen molar-refractivity contribution in [3.05, 3.63) is 46.9 Å². The quantitative estimate of drug-likeness (QED) is 0.498. The lowest BCUT2D eigenvalue weighted by Gasteiger charge is -1.91. The summed E-state index contributed by atoms with van der Waals surface area (Å²) in [5.74, 6) is 1.51. The Labute approximate surface area is 133 Å². The Bertz CT molecular complexity index is 989. The molecule has 0 atom stereocenters. The molecule has 0 spiro atoms. The Morgan fingerprint density at radius 2 is 1.91 bits per heavy atom. The molecule has 0 radical (unpaired) electrons. The van der Waals surface area contributed by atoms with Crippen molar-refractivity contribution in [3.63, 3.8) is 0 Å². The van der Waals surface area contributed by atoms with Crippen molar-refractivity contribution in [1.82, 2.24) is 10.2 Å². The predicted octanol–water partition coefficient (Wildman–Crippen LogP) is 5.31. The minimum atomic E-state index is -0.311. The molecule has 0 amide bonds. The average molecular weight is 335 g/mol. The maximum absolute atomic E-state index is 13.3. The second-order valence-electron chi connectivity index (χ2n) is 4.71. The zero-order chi connectivity index (χ0) is 15.3. The number of thiophene rings is 1. The van der Waals surface area contributed by atoms with Gasteiger partial charge >= 0.3 is 0 Å². The third-order valence-corrected chi connectivity index (χ3v) is 4.81. The standard InChI is InChI=1S/C15H8ClFN2O2S/c1-7-2-5-10(20-7)14-18-19-15(21-14)13-12(16)9-4-3-8(17)6-11(9)22-13/h2-6H,1H3. The van der Waals surface area contributed by atoms with Gasteiger partial charge in [-0.05, 0) is 37.3 Å². The fraction of sp³-hybridized carbons (Fsp3) is 0.0667. The number of rotatable bonds is 2. The molecule has 0 bridgehead atoms. The number of fused-ring (bicyclic) bond motifs is 1. The van der Waals surface area contributed by atoms with Gasteiger partial charge in [-0.15, -0.1) is 21.5 Å². The Balaban J connectivity index is 1.82. The number of benzene rings is 1. The molecule has 7 heteroatoms. The molecule has 0 saturated carbocycles. The van der Waals surface area contributed by atoms with E-state index in [2.05, 4.69) is 10.2 Å². The fourth-order valence-corrected chi connectivity index (χ4v) is 3.60. The van der Waals surface area contributed by atoms with Gasteiger partial charge in [-0.25, -0.2) is 4.39 Å². The summed E-state index contributed by atoms with van der Waals surface area (Å²) in [5.41, 5.74) is 0. The third kappa shape index (κ3) is 2.12. The van der Waals surface area contributed by atoms with Crippen LogP contribution in [0.5, 0.6) is 0 Å². The van der Waals surface area contributed by atoms with E-state index >= 15 is 0 Å². The molecule has 0 unspecified atom stereocenters. The summed E-state index contributed by atoms with van der Waals surface area (Å²) in [7, 11) is 0. The molecule has 4 nitrogen and oxygen atoms in total. The first-order chi connectivity index (χ1) is 10.6. The molecule has 110 valence electrons. The molecule has 1 aromatic carbocycles. The Morgan fingerprint density at radius 3 is 2.68 bits per heavy atom. The van der Waals surface area contributed by atoms with E-state index in [0.29, 0.717) is 15.7 Å². The molecule has 0 saturated heterocycles. The molecule has 4 aromatic rings. The summed E-state index contributed by atoms with van der Waals surface area (Å²) in [5, 5.41) is 9.21. The zero-order valence-electron chi connectivity index (χ0n) is 11.3. The van der Waals surface area contributed by atoms with Gasteiger partial charge in [0.25, 0.3) is 11.8 Å². The monoisotopic (exact) mass is 334 g/mol. The highest BCUT2D eigenvalue weighted by Gasteiger charge is 2.19. The van der Waals surface area contributed by atoms with Gasteiger partial charge in [0.15, 0.2) is 5.76 Å². The van der Waals surface area contributed by atoms with Crippen LogP contribution in [0.4, 0.5) is 4.39 Å². The summed E-state index contributed by atoms with van der Waals surface area (Å²) >= 11 is 7.65. The van der Waals surface area contributed by atoms with E-state index in [0.717, 1.165) is 15.8 Å². The number of hydrogen-bond donors (Lipinski definition) is 0. The summed E-state index contributed by atoms with van der Waals surface area (Å²) in [4.78, 5) is 0.615. The first-order valence-corrected chi connectivity index (χ1v) is 7.59. The minimum absolute atomic E-state index is 0.280. The highest BCUT2D eigenvalue weighted by Crippen LogP contribution is 2.42. The summed E-state index contributed by atoms with van der Waals surface area (Å²) < 4.78 is 25.1. The number of halogens is 2. The van der Waals surface area contributed by atoms with Crippen LogP contribution in [0.25, 0.3) is 32.5 Å². The maximum Gasteiger partial charge on any atom is 0.283 e. The lowest BCUT2D eigenvalue weighted by atomic mass is 10.2. The Kier molecular flexibility index (Phi) is 3.02. The van der Waals surface area contributed by atoms with Gasteiger partial charge in [0, 0.05) is 10.1 Å². The second-order valence-corrected chi connectivity index (χ2v) is 6.14. The molecule has 0 N–H and O–H groups in total. The number of furan rings is 1. The van der Waals surface area contributed by atoms with Crippen LogP contribution in [0, 0.1) is 12.7 Å². The number of aryl methyl sites for hydroxylation is 1. The van der Waals surface area contributed by atoms with Crippen LogP contribution in [0.3, 0.4) is 0 Å². The Morgan fingerprint density at radius 1 is 1.09 bits per heavy atom. The van der Waals surface area contributed by atoms with Gasteiger partial charge in [0.05, 0.1) is 5.02 Å². The van der Waals surface area contributed by atoms with Gasteiger partial charge in [0.2, 0.25) is 0 Å². The van der Waals surface area contributed by atoms with E-state index in [4.69, 9.17) is 20.4 Å². The van der Waals surface area contributed by atoms with Crippen LogP contribution >= 0.6 is 22.9 Å². The molecular weight excluding hydrogens is 327 g/mol. The summed E-state index contributed by atoms with van der Waals surface area (Å²) in [6, 6.07) is 8.02. The van der Waals surface area contributed by atoms with Crippen molar-refractivity contribution >= 4 is 33.0 Å². The zero-order valence-corrected chi connectivity index (χ0v) is 12.8. The number of nitrogens with zero attached hydrogens (tertiary/aromatic N) is 2. The van der Waals surface area contributed by atoms with Crippen molar-refractivity contribution < 1.29 is 13.2 Å². The maximum atomic E-state index is 13.3. The minimum Gasteiger partial charge on any atom is -0.456 e. The molecule has 0 fully saturated rings. The second kappa shape index (κ2) is 4.93. The normalized spacial score (nSPS) is 11.4. The third-order valence-electron chi connectivity index (χ3n) is 3.16. The molecule has 3 aromatic heterocycles. The molecular formula is C15H8ClFN2O2S. The average Bonchev–Trinajstić information content (AvgIpc) is 3.18. The van der Waals surface area contributed by atoms with Crippen molar-refractivity contribution in [1.29, 1.82) is 0 Å². The molecule has 0 aliphatic rings. The van der Waals surface area contributed by atoms with Crippen LogP contribution in [0.15, 0.2) is 39.2 Å².